The number of hydrogen-bond donors (Lipinski definition) is 0. The van der Waals surface area contributed by atoms with E-state index in [-0.39, 0.29) is 5.92 Å². The molecule has 0 bridgehead atoms. The molecule has 0 amide bonds. The predicted molar refractivity (Wildman–Crippen MR) is 79.3 cm³/mol. The normalized spacial score (nSPS) is 18.5. The molecule has 1 aromatic carbocycles. The number of hydrogen-bond acceptors (Lipinski definition) is 2. The van der Waals surface area contributed by atoms with E-state index in [1.54, 1.807) is 0 Å². The molecule has 1 aliphatic carbocycles. The molecule has 1 unspecified atom stereocenters. The molecule has 1 fully saturated rings. The van der Waals surface area contributed by atoms with Crippen molar-refractivity contribution in [1.82, 2.24) is 0 Å². The maximum absolute atomic E-state index is 12.2. The van der Waals surface area contributed by atoms with Gasteiger partial charge in [-0.25, -0.2) is 0 Å². The fourth-order valence-electron chi connectivity index (χ4n) is 2.47. The molecule has 0 spiro atoms. The van der Waals surface area contributed by atoms with Crippen LogP contribution in [0.1, 0.15) is 49.4 Å². The molecule has 1 aromatic rings. The maximum atomic E-state index is 12.2. The average molecular weight is 262 g/mol. The van der Waals surface area contributed by atoms with Gasteiger partial charge in [-0.3, -0.25) is 4.79 Å². The summed E-state index contributed by atoms with van der Waals surface area (Å²) in [4.78, 5) is 12.2. The summed E-state index contributed by atoms with van der Waals surface area (Å²) in [6.45, 7) is 2.06. The van der Waals surface area contributed by atoms with Crippen LogP contribution >= 0.6 is 11.8 Å². The molecule has 1 saturated carbocycles. The van der Waals surface area contributed by atoms with E-state index in [0.29, 0.717) is 5.78 Å². The van der Waals surface area contributed by atoms with E-state index in [1.807, 2.05) is 42.1 Å². The number of Topliss-reactive ketones (excluding diaryl/α,β-unsaturated/α-hetero) is 1. The van der Waals surface area contributed by atoms with Crippen LogP contribution in [-0.4, -0.2) is 16.8 Å². The van der Waals surface area contributed by atoms with E-state index >= 15 is 0 Å². The van der Waals surface area contributed by atoms with Crippen LogP contribution in [0.3, 0.4) is 0 Å². The Hall–Kier alpha value is -0.760. The van der Waals surface area contributed by atoms with Crippen LogP contribution in [0.5, 0.6) is 0 Å². The van der Waals surface area contributed by atoms with Crippen molar-refractivity contribution < 1.29 is 4.79 Å². The largest absolute Gasteiger partial charge is 0.294 e. The van der Waals surface area contributed by atoms with E-state index in [9.17, 15) is 4.79 Å². The first-order valence-corrected chi connectivity index (χ1v) is 8.03. The Balaban J connectivity index is 1.80. The van der Waals surface area contributed by atoms with Gasteiger partial charge in [0.2, 0.25) is 0 Å². The Bertz CT molecular complexity index is 368. The molecule has 1 aliphatic rings. The Kier molecular flexibility index (Phi) is 5.30. The monoisotopic (exact) mass is 262 g/mol. The van der Waals surface area contributed by atoms with Crippen LogP contribution in [0.25, 0.3) is 0 Å². The third-order valence-electron chi connectivity index (χ3n) is 3.64. The van der Waals surface area contributed by atoms with Crippen LogP contribution in [0, 0.1) is 5.92 Å². The van der Waals surface area contributed by atoms with Gasteiger partial charge in [0.05, 0.1) is 0 Å². The zero-order valence-corrected chi connectivity index (χ0v) is 11.9. The number of rotatable bonds is 5. The SMILES string of the molecule is CC(CSC1CCCCC1)C(=O)c1ccccc1. The van der Waals surface area contributed by atoms with Crippen molar-refractivity contribution in [2.45, 2.75) is 44.3 Å². The Morgan fingerprint density at radius 1 is 1.22 bits per heavy atom. The number of carbonyl (C=O) groups is 1. The second kappa shape index (κ2) is 6.98. The van der Waals surface area contributed by atoms with E-state index in [1.165, 1.54) is 32.1 Å². The average Bonchev–Trinajstić information content (AvgIpc) is 2.46. The van der Waals surface area contributed by atoms with E-state index in [0.717, 1.165) is 16.6 Å². The van der Waals surface area contributed by atoms with E-state index < -0.39 is 0 Å². The highest BCUT2D eigenvalue weighted by molar-refractivity contribution is 7.99. The first kappa shape index (κ1) is 13.7. The van der Waals surface area contributed by atoms with E-state index in [4.69, 9.17) is 0 Å². The minimum absolute atomic E-state index is 0.138. The molecule has 0 aromatic heterocycles. The lowest BCUT2D eigenvalue weighted by Gasteiger charge is -2.22. The predicted octanol–water partition coefficient (Wildman–Crippen LogP) is 4.57. The molecule has 0 N–H and O–H groups in total. The minimum Gasteiger partial charge on any atom is -0.294 e. The summed E-state index contributed by atoms with van der Waals surface area (Å²) in [5.41, 5.74) is 0.856. The third kappa shape index (κ3) is 3.88. The van der Waals surface area contributed by atoms with Crippen molar-refractivity contribution in [2.24, 2.45) is 5.92 Å². The highest BCUT2D eigenvalue weighted by Gasteiger charge is 2.19. The molecular formula is C16H22OS. The molecule has 0 aliphatic heterocycles. The fourth-order valence-corrected chi connectivity index (χ4v) is 3.85. The fraction of sp³-hybridized carbons (Fsp3) is 0.562. The molecule has 98 valence electrons. The first-order chi connectivity index (χ1) is 8.77. The molecular weight excluding hydrogens is 240 g/mol. The summed E-state index contributed by atoms with van der Waals surface area (Å²) in [5, 5.41) is 0.796. The number of benzene rings is 1. The van der Waals surface area contributed by atoms with Crippen LogP contribution in [-0.2, 0) is 0 Å². The smallest absolute Gasteiger partial charge is 0.166 e. The van der Waals surface area contributed by atoms with Crippen LogP contribution in [0.15, 0.2) is 30.3 Å². The lowest BCUT2D eigenvalue weighted by Crippen LogP contribution is -2.17. The van der Waals surface area contributed by atoms with Crippen molar-refractivity contribution in [3.63, 3.8) is 0 Å². The Morgan fingerprint density at radius 2 is 1.89 bits per heavy atom. The number of thioether (sulfide) groups is 1. The summed E-state index contributed by atoms with van der Waals surface area (Å²) in [6.07, 6.45) is 6.83. The molecule has 1 atom stereocenters. The molecule has 1 nitrogen and oxygen atoms in total. The van der Waals surface area contributed by atoms with Crippen LogP contribution in [0.4, 0.5) is 0 Å². The van der Waals surface area contributed by atoms with Crippen molar-refractivity contribution in [1.29, 1.82) is 0 Å². The Morgan fingerprint density at radius 3 is 2.56 bits per heavy atom. The van der Waals surface area contributed by atoms with Crippen molar-refractivity contribution in [3.8, 4) is 0 Å². The summed E-state index contributed by atoms with van der Waals surface area (Å²) < 4.78 is 0. The number of ketones is 1. The Labute approximate surface area is 114 Å². The molecule has 0 heterocycles. The van der Waals surface area contributed by atoms with Gasteiger partial charge in [0, 0.05) is 22.5 Å². The van der Waals surface area contributed by atoms with E-state index in [2.05, 4.69) is 6.92 Å². The summed E-state index contributed by atoms with van der Waals surface area (Å²) >= 11 is 2.01. The van der Waals surface area contributed by atoms with Gasteiger partial charge in [-0.05, 0) is 12.8 Å². The van der Waals surface area contributed by atoms with Gasteiger partial charge >= 0.3 is 0 Å². The van der Waals surface area contributed by atoms with Gasteiger partial charge in [0.1, 0.15) is 0 Å². The topological polar surface area (TPSA) is 17.1 Å². The summed E-state index contributed by atoms with van der Waals surface area (Å²) in [5.74, 6) is 1.40. The standard InChI is InChI=1S/C16H22OS/c1-13(12-18-15-10-6-3-7-11-15)16(17)14-8-4-2-5-9-14/h2,4-5,8-9,13,15H,3,6-7,10-12H2,1H3. The second-order valence-electron chi connectivity index (χ2n) is 5.22. The zero-order valence-electron chi connectivity index (χ0n) is 11.1. The lowest BCUT2D eigenvalue weighted by molar-refractivity contribution is 0.0942. The van der Waals surface area contributed by atoms with Crippen molar-refractivity contribution in [2.75, 3.05) is 5.75 Å². The van der Waals surface area contributed by atoms with Crippen molar-refractivity contribution >= 4 is 17.5 Å². The number of carbonyl (C=O) groups excluding carboxylic acids is 1. The molecule has 0 saturated heterocycles. The van der Waals surface area contributed by atoms with Gasteiger partial charge in [-0.15, -0.1) is 0 Å². The molecule has 2 rings (SSSR count). The molecule has 2 heteroatoms. The summed E-state index contributed by atoms with van der Waals surface area (Å²) in [7, 11) is 0. The first-order valence-electron chi connectivity index (χ1n) is 6.98. The highest BCUT2D eigenvalue weighted by Crippen LogP contribution is 2.29. The second-order valence-corrected chi connectivity index (χ2v) is 6.56. The third-order valence-corrected chi connectivity index (χ3v) is 5.28. The van der Waals surface area contributed by atoms with Gasteiger partial charge in [0.15, 0.2) is 5.78 Å². The lowest BCUT2D eigenvalue weighted by atomic mass is 10.0. The van der Waals surface area contributed by atoms with Gasteiger partial charge in [0.25, 0.3) is 0 Å². The highest BCUT2D eigenvalue weighted by atomic mass is 32.2. The quantitative estimate of drug-likeness (QED) is 0.723. The van der Waals surface area contributed by atoms with Crippen LogP contribution in [0.2, 0.25) is 0 Å². The minimum atomic E-state index is 0.138. The van der Waals surface area contributed by atoms with Crippen molar-refractivity contribution in [3.05, 3.63) is 35.9 Å². The summed E-state index contributed by atoms with van der Waals surface area (Å²) in [6, 6.07) is 9.68. The molecule has 0 radical (unpaired) electrons. The maximum Gasteiger partial charge on any atom is 0.166 e. The molecule has 18 heavy (non-hydrogen) atoms. The van der Waals surface area contributed by atoms with Gasteiger partial charge in [-0.2, -0.15) is 11.8 Å². The van der Waals surface area contributed by atoms with Gasteiger partial charge in [-0.1, -0.05) is 56.5 Å². The zero-order chi connectivity index (χ0) is 12.8. The van der Waals surface area contributed by atoms with Gasteiger partial charge < -0.3 is 0 Å². The van der Waals surface area contributed by atoms with Crippen LogP contribution < -0.4 is 0 Å².